The summed E-state index contributed by atoms with van der Waals surface area (Å²) in [5.41, 5.74) is 1.61. The molecule has 0 bridgehead atoms. The van der Waals surface area contributed by atoms with E-state index >= 15 is 0 Å². The van der Waals surface area contributed by atoms with Crippen LogP contribution in [0.25, 0.3) is 10.9 Å². The lowest BCUT2D eigenvalue weighted by Gasteiger charge is -2.11. The lowest BCUT2D eigenvalue weighted by molar-refractivity contribution is 0.355. The number of rotatable bonds is 6. The molecule has 26 heavy (non-hydrogen) atoms. The summed E-state index contributed by atoms with van der Waals surface area (Å²) in [6.07, 6.45) is 1.47. The first-order valence-corrected chi connectivity index (χ1v) is 8.80. The van der Waals surface area contributed by atoms with Gasteiger partial charge in [0.05, 0.1) is 38.0 Å². The van der Waals surface area contributed by atoms with Crippen LogP contribution < -0.4 is 19.8 Å². The maximum absolute atomic E-state index is 12.7. The van der Waals surface area contributed by atoms with Crippen LogP contribution in [0, 0.1) is 0 Å². The fourth-order valence-corrected chi connectivity index (χ4v) is 2.94. The molecule has 0 saturated carbocycles. The Morgan fingerprint density at radius 2 is 1.73 bits per heavy atom. The average molecular weight is 375 g/mol. The van der Waals surface area contributed by atoms with Crippen LogP contribution in [0.15, 0.2) is 47.5 Å². The van der Waals surface area contributed by atoms with Crippen LogP contribution in [0.3, 0.4) is 0 Å². The first-order valence-electron chi connectivity index (χ1n) is 7.63. The summed E-state index contributed by atoms with van der Waals surface area (Å²) in [6, 6.07) is 10.0. The van der Waals surface area contributed by atoms with Crippen LogP contribution in [0.2, 0.25) is 0 Å². The molecule has 3 aromatic rings. The number of methoxy groups -OCH3 is 2. The summed E-state index contributed by atoms with van der Waals surface area (Å²) in [4.78, 5) is 17.1. The summed E-state index contributed by atoms with van der Waals surface area (Å²) in [7, 11) is 0.318. The van der Waals surface area contributed by atoms with Crippen molar-refractivity contribution in [3.05, 3.63) is 58.6 Å². The molecule has 3 rings (SSSR count). The quantitative estimate of drug-likeness (QED) is 0.632. The van der Waals surface area contributed by atoms with E-state index in [9.17, 15) is 13.2 Å². The number of anilines is 1. The molecule has 0 fully saturated rings. The third-order valence-electron chi connectivity index (χ3n) is 3.86. The number of thiol groups is 1. The van der Waals surface area contributed by atoms with Crippen molar-refractivity contribution in [2.45, 2.75) is 6.54 Å². The van der Waals surface area contributed by atoms with Gasteiger partial charge in [-0.25, -0.2) is 13.4 Å². The smallest absolute Gasteiger partial charge is 0.261 e. The highest BCUT2D eigenvalue weighted by Crippen LogP contribution is 2.29. The Labute approximate surface area is 151 Å². The van der Waals surface area contributed by atoms with Crippen LogP contribution in [0.5, 0.6) is 11.5 Å². The van der Waals surface area contributed by atoms with Gasteiger partial charge < -0.3 is 9.47 Å². The zero-order chi connectivity index (χ0) is 18.7. The van der Waals surface area contributed by atoms with Crippen molar-refractivity contribution in [2.75, 3.05) is 18.9 Å². The van der Waals surface area contributed by atoms with E-state index in [2.05, 4.69) is 9.71 Å². The van der Waals surface area contributed by atoms with Gasteiger partial charge >= 0.3 is 0 Å². The molecule has 0 unspecified atom stereocenters. The summed E-state index contributed by atoms with van der Waals surface area (Å²) >= 11 is 0. The number of ether oxygens (including phenoxy) is 2. The number of benzene rings is 2. The van der Waals surface area contributed by atoms with Crippen LogP contribution in [-0.2, 0) is 17.4 Å². The lowest BCUT2D eigenvalue weighted by atomic mass is 10.2. The normalized spacial score (nSPS) is 10.9. The molecule has 0 aliphatic carbocycles. The second kappa shape index (κ2) is 7.44. The number of hydrogen-bond acceptors (Lipinski definition) is 6. The molecule has 0 radical (unpaired) electrons. The Kier molecular flexibility index (Phi) is 5.08. The number of aromatic nitrogens is 2. The van der Waals surface area contributed by atoms with Gasteiger partial charge in [0.1, 0.15) is 0 Å². The fraction of sp³-hybridized carbons (Fsp3) is 0.176. The van der Waals surface area contributed by atoms with Crippen molar-refractivity contribution >= 4 is 27.5 Å². The van der Waals surface area contributed by atoms with Gasteiger partial charge in [-0.05, 0) is 23.8 Å². The van der Waals surface area contributed by atoms with E-state index in [1.807, 2.05) is 0 Å². The minimum atomic E-state index is -2.71. The van der Waals surface area contributed by atoms with Gasteiger partial charge in [-0.15, -0.1) is 0 Å². The Morgan fingerprint density at radius 3 is 2.35 bits per heavy atom. The number of hydrogen-bond donors (Lipinski definition) is 2. The van der Waals surface area contributed by atoms with Gasteiger partial charge in [-0.3, -0.25) is 14.1 Å². The van der Waals surface area contributed by atoms with E-state index in [1.54, 1.807) is 36.4 Å². The molecule has 136 valence electrons. The first-order chi connectivity index (χ1) is 12.5. The molecule has 0 saturated heterocycles. The van der Waals surface area contributed by atoms with Gasteiger partial charge in [0.2, 0.25) is 10.9 Å². The Hall–Kier alpha value is -3.07. The maximum Gasteiger partial charge on any atom is 0.261 e. The molecule has 1 N–H and O–H groups in total. The maximum atomic E-state index is 12.7. The van der Waals surface area contributed by atoms with E-state index in [0.29, 0.717) is 34.6 Å². The van der Waals surface area contributed by atoms with Crippen LogP contribution in [0.1, 0.15) is 5.56 Å². The summed E-state index contributed by atoms with van der Waals surface area (Å²) in [5, 5.41) is 0.423. The SMILES string of the molecule is COc1cc2ncn(Cc3ccc(N[SH](=O)=O)cc3)c(=O)c2cc1OC. The Bertz CT molecular complexity index is 1070. The molecule has 8 nitrogen and oxygen atoms in total. The van der Waals surface area contributed by atoms with Crippen molar-refractivity contribution in [2.24, 2.45) is 0 Å². The fourth-order valence-electron chi connectivity index (χ4n) is 2.58. The number of fused-ring (bicyclic) bond motifs is 1. The topological polar surface area (TPSA) is 99.5 Å². The third-order valence-corrected chi connectivity index (χ3v) is 4.30. The van der Waals surface area contributed by atoms with Gasteiger partial charge in [0.25, 0.3) is 5.56 Å². The first kappa shape index (κ1) is 17.7. The highest BCUT2D eigenvalue weighted by Gasteiger charge is 2.11. The zero-order valence-corrected chi connectivity index (χ0v) is 15.0. The van der Waals surface area contributed by atoms with Crippen LogP contribution in [0.4, 0.5) is 5.69 Å². The minimum absolute atomic E-state index is 0.208. The molecular formula is C17H17N3O5S. The van der Waals surface area contributed by atoms with Gasteiger partial charge in [-0.2, -0.15) is 0 Å². The monoisotopic (exact) mass is 375 g/mol. The van der Waals surface area contributed by atoms with E-state index < -0.39 is 10.9 Å². The summed E-state index contributed by atoms with van der Waals surface area (Å²) in [5.74, 6) is 0.961. The van der Waals surface area contributed by atoms with Crippen molar-refractivity contribution in [3.8, 4) is 11.5 Å². The molecule has 1 aromatic heterocycles. The van der Waals surface area contributed by atoms with Crippen molar-refractivity contribution in [1.82, 2.24) is 9.55 Å². The molecule has 9 heteroatoms. The molecule has 0 aliphatic rings. The van der Waals surface area contributed by atoms with Gasteiger partial charge in [0, 0.05) is 11.8 Å². The van der Waals surface area contributed by atoms with Crippen molar-refractivity contribution < 1.29 is 17.9 Å². The highest BCUT2D eigenvalue weighted by atomic mass is 32.2. The molecular weight excluding hydrogens is 358 g/mol. The zero-order valence-electron chi connectivity index (χ0n) is 14.1. The van der Waals surface area contributed by atoms with Crippen molar-refractivity contribution in [1.29, 1.82) is 0 Å². The molecule has 1 heterocycles. The van der Waals surface area contributed by atoms with E-state index in [4.69, 9.17) is 9.47 Å². The van der Waals surface area contributed by atoms with Crippen LogP contribution >= 0.6 is 0 Å². The molecule has 0 spiro atoms. The average Bonchev–Trinajstić information content (AvgIpc) is 2.64. The van der Waals surface area contributed by atoms with Crippen LogP contribution in [-0.4, -0.2) is 32.2 Å². The predicted molar refractivity (Wildman–Crippen MR) is 98.6 cm³/mol. The Balaban J connectivity index is 1.95. The summed E-state index contributed by atoms with van der Waals surface area (Å²) in [6.45, 7) is 0.305. The predicted octanol–water partition coefficient (Wildman–Crippen LogP) is 1.40. The van der Waals surface area contributed by atoms with Gasteiger partial charge in [-0.1, -0.05) is 12.1 Å². The van der Waals surface area contributed by atoms with Gasteiger partial charge in [0.15, 0.2) is 11.5 Å². The van der Waals surface area contributed by atoms with E-state index in [0.717, 1.165) is 5.56 Å². The number of nitrogens with zero attached hydrogens (tertiary/aromatic N) is 2. The molecule has 0 amide bonds. The third kappa shape index (κ3) is 3.62. The van der Waals surface area contributed by atoms with E-state index in [-0.39, 0.29) is 5.56 Å². The highest BCUT2D eigenvalue weighted by molar-refractivity contribution is 7.73. The second-order valence-electron chi connectivity index (χ2n) is 5.47. The summed E-state index contributed by atoms with van der Waals surface area (Å²) < 4.78 is 35.6. The van der Waals surface area contributed by atoms with Crippen molar-refractivity contribution in [3.63, 3.8) is 0 Å². The minimum Gasteiger partial charge on any atom is -0.493 e. The van der Waals surface area contributed by atoms with E-state index in [1.165, 1.54) is 25.1 Å². The molecule has 0 aliphatic heterocycles. The lowest BCUT2D eigenvalue weighted by Crippen LogP contribution is -2.21. The second-order valence-corrected chi connectivity index (χ2v) is 6.21. The molecule has 2 aromatic carbocycles. The molecule has 0 atom stereocenters. The largest absolute Gasteiger partial charge is 0.493 e. The Morgan fingerprint density at radius 1 is 1.08 bits per heavy atom. The standard InChI is InChI=1S/C17H17N3O5S/c1-24-15-7-13-14(8-16(15)25-2)18-10-20(17(13)21)9-11-3-5-12(6-4-11)19-26(22)23/h3-8,10,26H,9H2,1-2H3,(H,19,22,23). The number of nitrogens with one attached hydrogen (secondary N) is 1.